The first kappa shape index (κ1) is 26.0. The van der Waals surface area contributed by atoms with Gasteiger partial charge in [0.05, 0.1) is 13.3 Å². The highest BCUT2D eigenvalue weighted by Crippen LogP contribution is 2.27. The molecule has 0 aromatic heterocycles. The number of hydrazone groups is 1. The van der Waals surface area contributed by atoms with Gasteiger partial charge in [0.1, 0.15) is 0 Å². The molecule has 0 saturated carbocycles. The van der Waals surface area contributed by atoms with Crippen molar-refractivity contribution in [2.24, 2.45) is 5.10 Å². The van der Waals surface area contributed by atoms with Gasteiger partial charge in [-0.1, -0.05) is 18.2 Å². The SMILES string of the molecule is COc1cc(/C=N\NC(=O)C(=O)Nc2cccc(C)c2)ccc1OCC(=O)Nc1cc(C)cc(C)c1. The maximum absolute atomic E-state index is 12.3. The van der Waals surface area contributed by atoms with Crippen molar-refractivity contribution in [3.05, 3.63) is 82.9 Å². The largest absolute Gasteiger partial charge is 0.493 e. The van der Waals surface area contributed by atoms with Gasteiger partial charge in [-0.05, 0) is 85.5 Å². The summed E-state index contributed by atoms with van der Waals surface area (Å²) in [4.78, 5) is 36.3. The number of amides is 3. The standard InChI is InChI=1S/C27H28N4O5/c1-17-6-5-7-21(11-17)30-26(33)27(34)31-28-15-20-8-9-23(24(14-20)35-4)36-16-25(32)29-22-12-18(2)10-19(3)13-22/h5-15H,16H2,1-4H3,(H,29,32)(H,30,33)(H,31,34)/b28-15-. The van der Waals surface area contributed by atoms with Gasteiger partial charge in [0.15, 0.2) is 18.1 Å². The number of benzene rings is 3. The van der Waals surface area contributed by atoms with Crippen LogP contribution in [0.1, 0.15) is 22.3 Å². The van der Waals surface area contributed by atoms with Crippen LogP contribution < -0.4 is 25.5 Å². The van der Waals surface area contributed by atoms with Crippen molar-refractivity contribution in [1.29, 1.82) is 0 Å². The van der Waals surface area contributed by atoms with E-state index >= 15 is 0 Å². The third-order valence-electron chi connectivity index (χ3n) is 4.91. The Morgan fingerprint density at radius 3 is 2.22 bits per heavy atom. The van der Waals surface area contributed by atoms with Gasteiger partial charge in [0.2, 0.25) is 0 Å². The zero-order valence-corrected chi connectivity index (χ0v) is 20.5. The van der Waals surface area contributed by atoms with Crippen LogP contribution in [0, 0.1) is 20.8 Å². The molecular formula is C27H28N4O5. The van der Waals surface area contributed by atoms with Crippen LogP contribution in [-0.2, 0) is 14.4 Å². The van der Waals surface area contributed by atoms with E-state index < -0.39 is 11.8 Å². The molecular weight excluding hydrogens is 460 g/mol. The molecule has 0 aliphatic carbocycles. The number of ether oxygens (including phenoxy) is 2. The first-order valence-electron chi connectivity index (χ1n) is 11.1. The van der Waals surface area contributed by atoms with Gasteiger partial charge < -0.3 is 20.1 Å². The molecule has 0 unspecified atom stereocenters. The molecule has 3 N–H and O–H groups in total. The number of carbonyl (C=O) groups is 3. The minimum Gasteiger partial charge on any atom is -0.493 e. The summed E-state index contributed by atoms with van der Waals surface area (Å²) in [5.41, 5.74) is 7.03. The fourth-order valence-electron chi connectivity index (χ4n) is 3.40. The number of aryl methyl sites for hydroxylation is 3. The van der Waals surface area contributed by atoms with Crippen LogP contribution in [0.5, 0.6) is 11.5 Å². The number of rotatable bonds is 8. The van der Waals surface area contributed by atoms with Crippen molar-refractivity contribution in [3.8, 4) is 11.5 Å². The van der Waals surface area contributed by atoms with Crippen LogP contribution in [0.4, 0.5) is 11.4 Å². The number of anilines is 2. The molecule has 0 radical (unpaired) electrons. The lowest BCUT2D eigenvalue weighted by Gasteiger charge is -2.12. The van der Waals surface area contributed by atoms with Crippen LogP contribution >= 0.6 is 0 Å². The fourth-order valence-corrected chi connectivity index (χ4v) is 3.40. The monoisotopic (exact) mass is 488 g/mol. The number of nitrogens with zero attached hydrogens (tertiary/aromatic N) is 1. The minimum absolute atomic E-state index is 0.205. The van der Waals surface area contributed by atoms with Gasteiger partial charge in [0, 0.05) is 11.4 Å². The molecule has 3 rings (SSSR count). The van der Waals surface area contributed by atoms with Crippen molar-refractivity contribution < 1.29 is 23.9 Å². The van der Waals surface area contributed by atoms with Crippen LogP contribution in [0.15, 0.2) is 65.8 Å². The third kappa shape index (κ3) is 7.69. The van der Waals surface area contributed by atoms with Crippen molar-refractivity contribution in [2.75, 3.05) is 24.4 Å². The molecule has 0 aliphatic rings. The Morgan fingerprint density at radius 1 is 0.806 bits per heavy atom. The van der Waals surface area contributed by atoms with Crippen LogP contribution in [-0.4, -0.2) is 37.7 Å². The predicted molar refractivity (Wildman–Crippen MR) is 139 cm³/mol. The second-order valence-corrected chi connectivity index (χ2v) is 8.15. The van der Waals surface area contributed by atoms with Crippen molar-refractivity contribution in [3.63, 3.8) is 0 Å². The Kier molecular flexibility index (Phi) is 8.77. The van der Waals surface area contributed by atoms with E-state index in [-0.39, 0.29) is 12.5 Å². The average molecular weight is 489 g/mol. The summed E-state index contributed by atoms with van der Waals surface area (Å²) in [5, 5.41) is 9.13. The topological polar surface area (TPSA) is 118 Å². The van der Waals surface area contributed by atoms with Crippen molar-refractivity contribution in [1.82, 2.24) is 5.43 Å². The van der Waals surface area contributed by atoms with Gasteiger partial charge in [-0.3, -0.25) is 14.4 Å². The molecule has 0 saturated heterocycles. The number of hydrogen-bond acceptors (Lipinski definition) is 6. The predicted octanol–water partition coefficient (Wildman–Crippen LogP) is 3.73. The van der Waals surface area contributed by atoms with E-state index in [0.29, 0.717) is 28.4 Å². The van der Waals surface area contributed by atoms with Gasteiger partial charge in [-0.25, -0.2) is 5.43 Å². The first-order valence-corrected chi connectivity index (χ1v) is 11.1. The van der Waals surface area contributed by atoms with Crippen LogP contribution in [0.2, 0.25) is 0 Å². The molecule has 0 aliphatic heterocycles. The molecule has 3 aromatic rings. The Morgan fingerprint density at radius 2 is 1.53 bits per heavy atom. The highest BCUT2D eigenvalue weighted by Gasteiger charge is 2.13. The molecule has 0 spiro atoms. The summed E-state index contributed by atoms with van der Waals surface area (Å²) >= 11 is 0. The highest BCUT2D eigenvalue weighted by atomic mass is 16.5. The maximum Gasteiger partial charge on any atom is 0.329 e. The molecule has 36 heavy (non-hydrogen) atoms. The van der Waals surface area contributed by atoms with Gasteiger partial charge in [0.25, 0.3) is 5.91 Å². The summed E-state index contributed by atoms with van der Waals surface area (Å²) < 4.78 is 11.0. The number of hydrogen-bond donors (Lipinski definition) is 3. The zero-order valence-electron chi connectivity index (χ0n) is 20.5. The molecule has 0 heterocycles. The lowest BCUT2D eigenvalue weighted by atomic mass is 10.1. The Balaban J connectivity index is 1.53. The fraction of sp³-hybridized carbons (Fsp3) is 0.185. The van der Waals surface area contributed by atoms with E-state index in [1.807, 2.05) is 45.0 Å². The minimum atomic E-state index is -0.908. The zero-order chi connectivity index (χ0) is 26.1. The molecule has 0 fully saturated rings. The molecule has 3 amide bonds. The summed E-state index contributed by atoms with van der Waals surface area (Å²) in [5.74, 6) is -1.31. The lowest BCUT2D eigenvalue weighted by molar-refractivity contribution is -0.136. The highest BCUT2D eigenvalue weighted by molar-refractivity contribution is 6.39. The van der Waals surface area contributed by atoms with Crippen molar-refractivity contribution >= 4 is 35.3 Å². The molecule has 9 nitrogen and oxygen atoms in total. The third-order valence-corrected chi connectivity index (χ3v) is 4.91. The number of methoxy groups -OCH3 is 1. The van der Waals surface area contributed by atoms with E-state index in [1.54, 1.807) is 36.4 Å². The summed E-state index contributed by atoms with van der Waals surface area (Å²) in [6.45, 7) is 5.59. The molecule has 0 bridgehead atoms. The Bertz CT molecular complexity index is 1280. The van der Waals surface area contributed by atoms with Crippen LogP contribution in [0.25, 0.3) is 0 Å². The van der Waals surface area contributed by atoms with E-state index in [9.17, 15) is 14.4 Å². The van der Waals surface area contributed by atoms with E-state index in [0.717, 1.165) is 16.7 Å². The molecule has 3 aromatic carbocycles. The lowest BCUT2D eigenvalue weighted by Crippen LogP contribution is -2.32. The molecule has 186 valence electrons. The smallest absolute Gasteiger partial charge is 0.329 e. The summed E-state index contributed by atoms with van der Waals surface area (Å²) in [7, 11) is 1.47. The van der Waals surface area contributed by atoms with Gasteiger partial charge in [-0.2, -0.15) is 5.10 Å². The summed E-state index contributed by atoms with van der Waals surface area (Å²) in [6.07, 6.45) is 1.36. The van der Waals surface area contributed by atoms with E-state index in [4.69, 9.17) is 9.47 Å². The molecule has 0 atom stereocenters. The number of nitrogens with one attached hydrogen (secondary N) is 3. The Hall–Kier alpha value is -4.66. The van der Waals surface area contributed by atoms with Gasteiger partial charge >= 0.3 is 11.8 Å². The second kappa shape index (κ2) is 12.2. The van der Waals surface area contributed by atoms with E-state index in [2.05, 4.69) is 21.2 Å². The Labute approximate surface area is 209 Å². The first-order chi connectivity index (χ1) is 17.2. The summed E-state index contributed by atoms with van der Waals surface area (Å²) in [6, 6.07) is 17.8. The second-order valence-electron chi connectivity index (χ2n) is 8.15. The maximum atomic E-state index is 12.3. The molecule has 9 heteroatoms. The van der Waals surface area contributed by atoms with Gasteiger partial charge in [-0.15, -0.1) is 0 Å². The quantitative estimate of drug-likeness (QED) is 0.254. The number of carbonyl (C=O) groups excluding carboxylic acids is 3. The average Bonchev–Trinajstić information content (AvgIpc) is 2.82. The normalized spacial score (nSPS) is 10.6. The van der Waals surface area contributed by atoms with Crippen molar-refractivity contribution in [2.45, 2.75) is 20.8 Å². The van der Waals surface area contributed by atoms with Crippen LogP contribution in [0.3, 0.4) is 0 Å². The van der Waals surface area contributed by atoms with E-state index in [1.165, 1.54) is 13.3 Å².